The summed E-state index contributed by atoms with van der Waals surface area (Å²) in [7, 11) is 1.35. The van der Waals surface area contributed by atoms with E-state index in [0.717, 1.165) is 12.8 Å². The Morgan fingerprint density at radius 1 is 1.11 bits per heavy atom. The number of hydrogen-bond acceptors (Lipinski definition) is 3. The molecule has 4 nitrogen and oxygen atoms in total. The molecule has 0 heterocycles. The molecule has 1 amide bonds. The molecular weight excluding hydrogens is 242 g/mol. The van der Waals surface area contributed by atoms with Crippen molar-refractivity contribution in [2.75, 3.05) is 7.11 Å². The van der Waals surface area contributed by atoms with Crippen LogP contribution in [0.3, 0.4) is 0 Å². The average Bonchev–Trinajstić information content (AvgIpc) is 2.36. The highest BCUT2D eigenvalue weighted by atomic mass is 16.5. The number of nitrogens with one attached hydrogen (secondary N) is 1. The van der Waals surface area contributed by atoms with Crippen molar-refractivity contribution in [2.24, 2.45) is 5.92 Å². The van der Waals surface area contributed by atoms with Gasteiger partial charge in [0.15, 0.2) is 0 Å². The van der Waals surface area contributed by atoms with Gasteiger partial charge < -0.3 is 10.1 Å². The molecule has 0 aliphatic rings. The molecule has 0 aromatic heterocycles. The van der Waals surface area contributed by atoms with E-state index in [1.807, 2.05) is 13.8 Å². The lowest BCUT2D eigenvalue weighted by molar-refractivity contribution is -0.145. The first kappa shape index (κ1) is 17.9. The second kappa shape index (κ2) is 10.8. The van der Waals surface area contributed by atoms with Crippen molar-refractivity contribution >= 4 is 11.9 Å². The molecule has 0 bridgehead atoms. The summed E-state index contributed by atoms with van der Waals surface area (Å²) in [4.78, 5) is 23.3. The van der Waals surface area contributed by atoms with Crippen molar-refractivity contribution in [3.63, 3.8) is 0 Å². The van der Waals surface area contributed by atoms with Gasteiger partial charge in [-0.15, -0.1) is 0 Å². The highest BCUT2D eigenvalue weighted by Crippen LogP contribution is 2.08. The summed E-state index contributed by atoms with van der Waals surface area (Å²) in [5.74, 6) is -0.0606. The van der Waals surface area contributed by atoms with E-state index in [2.05, 4.69) is 12.2 Å². The maximum Gasteiger partial charge on any atom is 0.328 e. The molecule has 1 atom stereocenters. The molecule has 0 rings (SSSR count). The molecule has 0 unspecified atom stereocenters. The van der Waals surface area contributed by atoms with Gasteiger partial charge in [0, 0.05) is 6.42 Å². The molecule has 0 aromatic rings. The van der Waals surface area contributed by atoms with Crippen LogP contribution in [0, 0.1) is 5.92 Å². The fourth-order valence-corrected chi connectivity index (χ4v) is 1.98. The lowest BCUT2D eigenvalue weighted by atomic mass is 10.0. The summed E-state index contributed by atoms with van der Waals surface area (Å²) in [6, 6.07) is -0.506. The number of esters is 1. The van der Waals surface area contributed by atoms with Crippen LogP contribution >= 0.6 is 0 Å². The minimum Gasteiger partial charge on any atom is -0.467 e. The fourth-order valence-electron chi connectivity index (χ4n) is 1.98. The Bertz CT molecular complexity index is 264. The topological polar surface area (TPSA) is 55.4 Å². The number of unbranched alkanes of at least 4 members (excludes halogenated alkanes) is 4. The summed E-state index contributed by atoms with van der Waals surface area (Å²) < 4.78 is 4.72. The quantitative estimate of drug-likeness (QED) is 0.491. The van der Waals surface area contributed by atoms with Gasteiger partial charge in [0.2, 0.25) is 5.91 Å². The third kappa shape index (κ3) is 9.51. The number of carbonyl (C=O) groups excluding carboxylic acids is 2. The highest BCUT2D eigenvalue weighted by molar-refractivity contribution is 5.84. The average molecular weight is 271 g/mol. The second-order valence-corrected chi connectivity index (χ2v) is 5.44. The third-order valence-corrected chi connectivity index (χ3v) is 3.04. The molecular formula is C15H29NO3. The summed E-state index contributed by atoms with van der Waals surface area (Å²) >= 11 is 0. The Kier molecular flexibility index (Phi) is 10.2. The van der Waals surface area contributed by atoms with Crippen LogP contribution in [-0.4, -0.2) is 25.0 Å². The van der Waals surface area contributed by atoms with Crippen LogP contribution in [0.15, 0.2) is 0 Å². The third-order valence-electron chi connectivity index (χ3n) is 3.04. The zero-order chi connectivity index (χ0) is 14.7. The minimum absolute atomic E-state index is 0.0486. The van der Waals surface area contributed by atoms with Gasteiger partial charge in [-0.25, -0.2) is 4.79 Å². The van der Waals surface area contributed by atoms with Gasteiger partial charge in [0.1, 0.15) is 6.04 Å². The molecule has 0 saturated heterocycles. The number of carbonyl (C=O) groups is 2. The fraction of sp³-hybridized carbons (Fsp3) is 0.867. The Hall–Kier alpha value is -1.06. The highest BCUT2D eigenvalue weighted by Gasteiger charge is 2.22. The number of methoxy groups -OCH3 is 1. The van der Waals surface area contributed by atoms with Crippen molar-refractivity contribution in [1.29, 1.82) is 0 Å². The molecule has 1 N–H and O–H groups in total. The standard InChI is InChI=1S/C15H29NO3/c1-5-6-7-8-9-10-14(17)16-13(11-12(2)3)15(18)19-4/h12-13H,5-11H2,1-4H3,(H,16,17)/t13-/m0/s1. The van der Waals surface area contributed by atoms with Crippen LogP contribution in [0.5, 0.6) is 0 Å². The van der Waals surface area contributed by atoms with E-state index in [1.165, 1.54) is 26.4 Å². The molecule has 0 aliphatic carbocycles. The smallest absolute Gasteiger partial charge is 0.328 e. The Morgan fingerprint density at radius 3 is 2.26 bits per heavy atom. The predicted molar refractivity (Wildman–Crippen MR) is 76.8 cm³/mol. The molecule has 0 fully saturated rings. The Morgan fingerprint density at radius 2 is 1.74 bits per heavy atom. The molecule has 19 heavy (non-hydrogen) atoms. The van der Waals surface area contributed by atoms with Gasteiger partial charge in [-0.3, -0.25) is 4.79 Å². The first-order valence-electron chi connectivity index (χ1n) is 7.38. The van der Waals surface area contributed by atoms with Gasteiger partial charge in [0.25, 0.3) is 0 Å². The van der Waals surface area contributed by atoms with E-state index in [9.17, 15) is 9.59 Å². The van der Waals surface area contributed by atoms with Crippen molar-refractivity contribution in [3.05, 3.63) is 0 Å². The zero-order valence-corrected chi connectivity index (χ0v) is 12.8. The van der Waals surface area contributed by atoms with Crippen LogP contribution in [0.2, 0.25) is 0 Å². The lowest BCUT2D eigenvalue weighted by Gasteiger charge is -2.18. The Labute approximate surface area is 117 Å². The van der Waals surface area contributed by atoms with Crippen molar-refractivity contribution in [3.8, 4) is 0 Å². The minimum atomic E-state index is -0.506. The van der Waals surface area contributed by atoms with Gasteiger partial charge in [-0.05, 0) is 18.8 Å². The maximum absolute atomic E-state index is 11.8. The molecule has 4 heteroatoms. The van der Waals surface area contributed by atoms with E-state index in [-0.39, 0.29) is 11.9 Å². The van der Waals surface area contributed by atoms with Gasteiger partial charge in [0.05, 0.1) is 7.11 Å². The molecule has 0 aromatic carbocycles. The molecule has 0 spiro atoms. The van der Waals surface area contributed by atoms with Crippen LogP contribution < -0.4 is 5.32 Å². The summed E-state index contributed by atoms with van der Waals surface area (Å²) in [6.45, 7) is 6.21. The van der Waals surface area contributed by atoms with E-state index < -0.39 is 6.04 Å². The van der Waals surface area contributed by atoms with Crippen molar-refractivity contribution in [2.45, 2.75) is 71.8 Å². The zero-order valence-electron chi connectivity index (χ0n) is 12.8. The van der Waals surface area contributed by atoms with Gasteiger partial charge >= 0.3 is 5.97 Å². The molecule has 0 saturated carbocycles. The van der Waals surface area contributed by atoms with Crippen molar-refractivity contribution < 1.29 is 14.3 Å². The van der Waals surface area contributed by atoms with E-state index in [0.29, 0.717) is 18.8 Å². The summed E-state index contributed by atoms with van der Waals surface area (Å²) in [5.41, 5.74) is 0. The van der Waals surface area contributed by atoms with Crippen LogP contribution in [0.25, 0.3) is 0 Å². The SMILES string of the molecule is CCCCCCCC(=O)N[C@@H](CC(C)C)C(=O)OC. The second-order valence-electron chi connectivity index (χ2n) is 5.44. The molecule has 0 aliphatic heterocycles. The van der Waals surface area contributed by atoms with Crippen LogP contribution in [0.1, 0.15) is 65.7 Å². The Balaban J connectivity index is 3.99. The van der Waals surface area contributed by atoms with E-state index in [1.54, 1.807) is 0 Å². The first-order valence-corrected chi connectivity index (χ1v) is 7.38. The maximum atomic E-state index is 11.8. The number of hydrogen-bond donors (Lipinski definition) is 1. The molecule has 0 radical (unpaired) electrons. The van der Waals surface area contributed by atoms with E-state index in [4.69, 9.17) is 4.74 Å². The first-order chi connectivity index (χ1) is 9.01. The summed E-state index contributed by atoms with van der Waals surface area (Å²) in [6.07, 6.45) is 6.68. The number of amides is 1. The van der Waals surface area contributed by atoms with E-state index >= 15 is 0 Å². The summed E-state index contributed by atoms with van der Waals surface area (Å²) in [5, 5.41) is 2.78. The normalized spacial score (nSPS) is 12.3. The van der Waals surface area contributed by atoms with Crippen LogP contribution in [-0.2, 0) is 14.3 Å². The lowest BCUT2D eigenvalue weighted by Crippen LogP contribution is -2.42. The monoisotopic (exact) mass is 271 g/mol. The number of rotatable bonds is 10. The largest absolute Gasteiger partial charge is 0.467 e. The van der Waals surface area contributed by atoms with Crippen molar-refractivity contribution in [1.82, 2.24) is 5.32 Å². The van der Waals surface area contributed by atoms with Gasteiger partial charge in [-0.2, -0.15) is 0 Å². The number of ether oxygens (including phenoxy) is 1. The van der Waals surface area contributed by atoms with Gasteiger partial charge in [-0.1, -0.05) is 46.5 Å². The predicted octanol–water partition coefficient (Wildman–Crippen LogP) is 3.05. The molecule has 112 valence electrons. The van der Waals surface area contributed by atoms with Crippen LogP contribution in [0.4, 0.5) is 0 Å².